The minimum Gasteiger partial charge on any atom is -0.481 e. The van der Waals surface area contributed by atoms with Crippen LogP contribution in [0.4, 0.5) is 0 Å². The number of halogens is 1. The molecule has 0 aromatic heterocycles. The standard InChI is InChI=1S/C10H11IO2/c1-2-7-3-4-9(11)8(5-7)6-10(12)13/h3-5H,2,6H2,1H3,(H,12,13). The van der Waals surface area contributed by atoms with Gasteiger partial charge in [-0.05, 0) is 46.2 Å². The van der Waals surface area contributed by atoms with Crippen LogP contribution in [-0.2, 0) is 17.6 Å². The molecule has 0 atom stereocenters. The summed E-state index contributed by atoms with van der Waals surface area (Å²) < 4.78 is 1.03. The molecule has 1 aromatic carbocycles. The van der Waals surface area contributed by atoms with E-state index in [0.717, 1.165) is 15.6 Å². The van der Waals surface area contributed by atoms with E-state index in [1.54, 1.807) is 0 Å². The van der Waals surface area contributed by atoms with Gasteiger partial charge in [-0.25, -0.2) is 0 Å². The number of aryl methyl sites for hydroxylation is 1. The summed E-state index contributed by atoms with van der Waals surface area (Å²) >= 11 is 2.16. The summed E-state index contributed by atoms with van der Waals surface area (Å²) in [4.78, 5) is 10.5. The van der Waals surface area contributed by atoms with Crippen LogP contribution in [0.2, 0.25) is 0 Å². The number of hydrogen-bond acceptors (Lipinski definition) is 1. The molecule has 0 aliphatic heterocycles. The molecule has 0 heterocycles. The van der Waals surface area contributed by atoms with E-state index in [-0.39, 0.29) is 6.42 Å². The topological polar surface area (TPSA) is 37.3 Å². The van der Waals surface area contributed by atoms with Crippen molar-refractivity contribution >= 4 is 28.6 Å². The number of hydrogen-bond donors (Lipinski definition) is 1. The number of benzene rings is 1. The lowest BCUT2D eigenvalue weighted by Gasteiger charge is -2.03. The summed E-state index contributed by atoms with van der Waals surface area (Å²) in [6.07, 6.45) is 1.07. The van der Waals surface area contributed by atoms with E-state index < -0.39 is 5.97 Å². The van der Waals surface area contributed by atoms with E-state index in [4.69, 9.17) is 5.11 Å². The van der Waals surface area contributed by atoms with Crippen molar-refractivity contribution in [3.63, 3.8) is 0 Å². The average molecular weight is 290 g/mol. The van der Waals surface area contributed by atoms with Crippen molar-refractivity contribution in [2.45, 2.75) is 19.8 Å². The molecule has 13 heavy (non-hydrogen) atoms. The molecule has 3 heteroatoms. The molecule has 0 aliphatic carbocycles. The van der Waals surface area contributed by atoms with Gasteiger partial charge in [0, 0.05) is 3.57 Å². The minimum absolute atomic E-state index is 0.117. The van der Waals surface area contributed by atoms with E-state index in [1.165, 1.54) is 5.56 Å². The fourth-order valence-electron chi connectivity index (χ4n) is 1.15. The van der Waals surface area contributed by atoms with Crippen molar-refractivity contribution in [1.29, 1.82) is 0 Å². The molecule has 0 spiro atoms. The smallest absolute Gasteiger partial charge is 0.307 e. The highest BCUT2D eigenvalue weighted by atomic mass is 127. The van der Waals surface area contributed by atoms with Gasteiger partial charge >= 0.3 is 5.97 Å². The first-order valence-corrected chi connectivity index (χ1v) is 5.20. The molecule has 0 saturated heterocycles. The molecule has 70 valence electrons. The van der Waals surface area contributed by atoms with E-state index in [9.17, 15) is 4.79 Å². The van der Waals surface area contributed by atoms with Crippen LogP contribution in [0.25, 0.3) is 0 Å². The Bertz CT molecular complexity index is 321. The highest BCUT2D eigenvalue weighted by Gasteiger charge is 2.05. The molecule has 0 fully saturated rings. The SMILES string of the molecule is CCc1ccc(I)c(CC(=O)O)c1. The van der Waals surface area contributed by atoms with Crippen LogP contribution < -0.4 is 0 Å². The Balaban J connectivity index is 2.96. The lowest BCUT2D eigenvalue weighted by molar-refractivity contribution is -0.136. The van der Waals surface area contributed by atoms with Gasteiger partial charge in [0.1, 0.15) is 0 Å². The van der Waals surface area contributed by atoms with E-state index in [1.807, 2.05) is 18.2 Å². The van der Waals surface area contributed by atoms with Gasteiger partial charge in [0.2, 0.25) is 0 Å². The molecule has 0 unspecified atom stereocenters. The minimum atomic E-state index is -0.772. The van der Waals surface area contributed by atoms with Crippen LogP contribution in [0.3, 0.4) is 0 Å². The Labute approximate surface area is 91.1 Å². The molecule has 0 radical (unpaired) electrons. The van der Waals surface area contributed by atoms with Gasteiger partial charge in [0.05, 0.1) is 6.42 Å². The quantitative estimate of drug-likeness (QED) is 0.868. The van der Waals surface area contributed by atoms with Crippen molar-refractivity contribution in [2.24, 2.45) is 0 Å². The molecule has 0 saturated carbocycles. The first-order valence-electron chi connectivity index (χ1n) is 4.12. The molecular weight excluding hydrogens is 279 g/mol. The summed E-state index contributed by atoms with van der Waals surface area (Å²) in [6.45, 7) is 2.06. The summed E-state index contributed by atoms with van der Waals surface area (Å²) in [5.41, 5.74) is 2.10. The maximum atomic E-state index is 10.5. The second-order valence-corrected chi connectivity index (χ2v) is 4.01. The van der Waals surface area contributed by atoms with Crippen molar-refractivity contribution in [2.75, 3.05) is 0 Å². The van der Waals surface area contributed by atoms with Crippen LogP contribution in [0.5, 0.6) is 0 Å². The van der Waals surface area contributed by atoms with Crippen molar-refractivity contribution in [1.82, 2.24) is 0 Å². The Kier molecular flexibility index (Phi) is 3.71. The molecular formula is C10H11IO2. The van der Waals surface area contributed by atoms with Gasteiger partial charge in [-0.15, -0.1) is 0 Å². The first kappa shape index (κ1) is 10.5. The van der Waals surface area contributed by atoms with Gasteiger partial charge in [0.15, 0.2) is 0 Å². The number of carboxylic acids is 1. The van der Waals surface area contributed by atoms with Gasteiger partial charge in [0.25, 0.3) is 0 Å². The van der Waals surface area contributed by atoms with Gasteiger partial charge in [-0.3, -0.25) is 4.79 Å². The molecule has 1 rings (SSSR count). The lowest BCUT2D eigenvalue weighted by atomic mass is 10.1. The number of carboxylic acid groups (broad SMARTS) is 1. The van der Waals surface area contributed by atoms with E-state index >= 15 is 0 Å². The Hall–Kier alpha value is -0.580. The first-order chi connectivity index (χ1) is 6.13. The third-order valence-corrected chi connectivity index (χ3v) is 2.91. The maximum Gasteiger partial charge on any atom is 0.307 e. The molecule has 0 amide bonds. The van der Waals surface area contributed by atoms with Crippen LogP contribution in [0, 0.1) is 3.57 Å². The Morgan fingerprint density at radius 1 is 1.54 bits per heavy atom. The van der Waals surface area contributed by atoms with Gasteiger partial charge in [-0.1, -0.05) is 19.1 Å². The zero-order chi connectivity index (χ0) is 9.84. The second-order valence-electron chi connectivity index (χ2n) is 2.85. The summed E-state index contributed by atoms with van der Waals surface area (Å²) in [5, 5.41) is 8.65. The number of carbonyl (C=O) groups is 1. The second kappa shape index (κ2) is 4.60. The van der Waals surface area contributed by atoms with Crippen LogP contribution in [-0.4, -0.2) is 11.1 Å². The summed E-state index contributed by atoms with van der Waals surface area (Å²) in [6, 6.07) is 5.97. The Morgan fingerprint density at radius 2 is 2.23 bits per heavy atom. The maximum absolute atomic E-state index is 10.5. The zero-order valence-electron chi connectivity index (χ0n) is 7.38. The molecule has 2 nitrogen and oxygen atoms in total. The van der Waals surface area contributed by atoms with Crippen molar-refractivity contribution in [3.8, 4) is 0 Å². The predicted octanol–water partition coefficient (Wildman–Crippen LogP) is 2.48. The highest BCUT2D eigenvalue weighted by Crippen LogP contribution is 2.15. The Morgan fingerprint density at radius 3 is 2.77 bits per heavy atom. The van der Waals surface area contributed by atoms with Crippen molar-refractivity contribution < 1.29 is 9.90 Å². The predicted molar refractivity (Wildman–Crippen MR) is 59.9 cm³/mol. The van der Waals surface area contributed by atoms with Crippen LogP contribution >= 0.6 is 22.6 Å². The lowest BCUT2D eigenvalue weighted by Crippen LogP contribution is -2.02. The summed E-state index contributed by atoms with van der Waals surface area (Å²) in [7, 11) is 0. The average Bonchev–Trinajstić information content (AvgIpc) is 2.08. The van der Waals surface area contributed by atoms with Crippen LogP contribution in [0.15, 0.2) is 18.2 Å². The summed E-state index contributed by atoms with van der Waals surface area (Å²) in [5.74, 6) is -0.772. The molecule has 1 aromatic rings. The molecule has 0 bridgehead atoms. The van der Waals surface area contributed by atoms with Crippen LogP contribution in [0.1, 0.15) is 18.1 Å². The van der Waals surface area contributed by atoms with Gasteiger partial charge in [-0.2, -0.15) is 0 Å². The number of rotatable bonds is 3. The monoisotopic (exact) mass is 290 g/mol. The largest absolute Gasteiger partial charge is 0.481 e. The fourth-order valence-corrected chi connectivity index (χ4v) is 1.67. The normalized spacial score (nSPS) is 10.0. The highest BCUT2D eigenvalue weighted by molar-refractivity contribution is 14.1. The third-order valence-electron chi connectivity index (χ3n) is 1.86. The molecule has 1 N–H and O–H groups in total. The third kappa shape index (κ3) is 2.99. The van der Waals surface area contributed by atoms with Crippen molar-refractivity contribution in [3.05, 3.63) is 32.9 Å². The zero-order valence-corrected chi connectivity index (χ0v) is 9.54. The number of aliphatic carboxylic acids is 1. The molecule has 0 aliphatic rings. The van der Waals surface area contributed by atoms with E-state index in [2.05, 4.69) is 29.5 Å². The van der Waals surface area contributed by atoms with E-state index in [0.29, 0.717) is 0 Å². The van der Waals surface area contributed by atoms with Gasteiger partial charge < -0.3 is 5.11 Å². The fraction of sp³-hybridized carbons (Fsp3) is 0.300.